The van der Waals surface area contributed by atoms with Gasteiger partial charge in [-0.25, -0.2) is 0 Å². The van der Waals surface area contributed by atoms with Crippen molar-refractivity contribution < 1.29 is 14.6 Å². The van der Waals surface area contributed by atoms with Crippen molar-refractivity contribution in [2.75, 3.05) is 13.2 Å². The Kier molecular flexibility index (Phi) is 3.89. The number of aliphatic hydroxyl groups is 1. The Balaban J connectivity index is 2.58. The van der Waals surface area contributed by atoms with Crippen molar-refractivity contribution in [2.24, 2.45) is 11.7 Å². The van der Waals surface area contributed by atoms with Crippen molar-refractivity contribution in [1.29, 1.82) is 0 Å². The highest BCUT2D eigenvalue weighted by Crippen LogP contribution is 2.34. The first-order valence-electron chi connectivity index (χ1n) is 5.15. The van der Waals surface area contributed by atoms with E-state index in [0.717, 1.165) is 12.8 Å². The highest BCUT2D eigenvalue weighted by atomic mass is 16.5. The summed E-state index contributed by atoms with van der Waals surface area (Å²) in [7, 11) is 0. The fourth-order valence-corrected chi connectivity index (χ4v) is 1.93. The number of aliphatic hydroxyl groups excluding tert-OH is 1. The third kappa shape index (κ3) is 2.45. The number of carbonyl (C=O) groups excluding carboxylic acids is 1. The minimum absolute atomic E-state index is 0.0649. The van der Waals surface area contributed by atoms with Gasteiger partial charge in [-0.15, -0.1) is 0 Å². The van der Waals surface area contributed by atoms with Crippen molar-refractivity contribution in [1.82, 2.24) is 0 Å². The molecular weight excluding hydrogens is 182 g/mol. The van der Waals surface area contributed by atoms with E-state index < -0.39 is 11.5 Å². The molecule has 1 rings (SSSR count). The summed E-state index contributed by atoms with van der Waals surface area (Å²) in [6.45, 7) is 2.29. The maximum atomic E-state index is 11.3. The van der Waals surface area contributed by atoms with Crippen molar-refractivity contribution in [3.05, 3.63) is 0 Å². The quantitative estimate of drug-likeness (QED) is 0.692. The minimum atomic E-state index is -0.810. The van der Waals surface area contributed by atoms with E-state index in [1.54, 1.807) is 0 Å². The fourth-order valence-electron chi connectivity index (χ4n) is 1.93. The first-order chi connectivity index (χ1) is 6.60. The van der Waals surface area contributed by atoms with Crippen LogP contribution < -0.4 is 5.73 Å². The summed E-state index contributed by atoms with van der Waals surface area (Å²) in [6.07, 6.45) is 3.30. The molecule has 14 heavy (non-hydrogen) atoms. The maximum absolute atomic E-state index is 11.3. The molecule has 1 aliphatic carbocycles. The number of ether oxygens (including phenoxy) is 1. The molecule has 0 atom stereocenters. The van der Waals surface area contributed by atoms with E-state index in [4.69, 9.17) is 15.6 Å². The Labute approximate surface area is 84.4 Å². The first-order valence-corrected chi connectivity index (χ1v) is 5.15. The highest BCUT2D eigenvalue weighted by Gasteiger charge is 2.40. The monoisotopic (exact) mass is 201 g/mol. The van der Waals surface area contributed by atoms with Crippen molar-refractivity contribution >= 4 is 5.91 Å². The number of primary amides is 1. The Morgan fingerprint density at radius 3 is 2.57 bits per heavy atom. The average Bonchev–Trinajstić information content (AvgIpc) is 2.17. The summed E-state index contributed by atoms with van der Waals surface area (Å²) < 4.78 is 5.40. The van der Waals surface area contributed by atoms with Crippen LogP contribution in [0.5, 0.6) is 0 Å². The summed E-state index contributed by atoms with van der Waals surface area (Å²) in [5.41, 5.74) is 4.53. The van der Waals surface area contributed by atoms with Gasteiger partial charge in [-0.3, -0.25) is 4.79 Å². The van der Waals surface area contributed by atoms with Crippen LogP contribution in [0.2, 0.25) is 0 Å². The molecule has 0 bridgehead atoms. The first kappa shape index (κ1) is 11.5. The van der Waals surface area contributed by atoms with Crippen LogP contribution in [0.1, 0.15) is 32.6 Å². The van der Waals surface area contributed by atoms with Gasteiger partial charge in [0.05, 0.1) is 13.2 Å². The molecule has 0 aromatic heterocycles. The van der Waals surface area contributed by atoms with Crippen molar-refractivity contribution in [3.8, 4) is 0 Å². The largest absolute Gasteiger partial charge is 0.394 e. The predicted molar refractivity (Wildman–Crippen MR) is 52.6 cm³/mol. The molecule has 3 N–H and O–H groups in total. The lowest BCUT2D eigenvalue weighted by atomic mass is 9.79. The third-order valence-electron chi connectivity index (χ3n) is 3.00. The van der Waals surface area contributed by atoms with Crippen LogP contribution in [0, 0.1) is 5.92 Å². The van der Waals surface area contributed by atoms with Crippen LogP contribution in [-0.2, 0) is 9.53 Å². The van der Waals surface area contributed by atoms with Gasteiger partial charge in [0, 0.05) is 0 Å². The molecular formula is C10H19NO3. The number of nitrogens with two attached hydrogens (primary N) is 1. The number of carbonyl (C=O) groups is 1. The SMILES string of the molecule is C[C@H]1CC[C@@](OCCO)(C(N)=O)CC1. The van der Waals surface area contributed by atoms with E-state index >= 15 is 0 Å². The zero-order valence-corrected chi connectivity index (χ0v) is 8.66. The zero-order chi connectivity index (χ0) is 10.6. The van der Waals surface area contributed by atoms with Crippen molar-refractivity contribution in [2.45, 2.75) is 38.2 Å². The van der Waals surface area contributed by atoms with E-state index in [0.29, 0.717) is 18.8 Å². The molecule has 4 nitrogen and oxygen atoms in total. The number of amides is 1. The molecule has 0 aromatic rings. The molecule has 0 aliphatic heterocycles. The molecule has 0 saturated heterocycles. The van der Waals surface area contributed by atoms with Crippen LogP contribution in [-0.4, -0.2) is 29.8 Å². The van der Waals surface area contributed by atoms with E-state index in [1.165, 1.54) is 0 Å². The number of hydrogen-bond acceptors (Lipinski definition) is 3. The minimum Gasteiger partial charge on any atom is -0.394 e. The summed E-state index contributed by atoms with van der Waals surface area (Å²) in [4.78, 5) is 11.3. The molecule has 1 aliphatic rings. The maximum Gasteiger partial charge on any atom is 0.249 e. The van der Waals surface area contributed by atoms with E-state index in [-0.39, 0.29) is 13.2 Å². The van der Waals surface area contributed by atoms with Crippen LogP contribution in [0.15, 0.2) is 0 Å². The van der Waals surface area contributed by atoms with Gasteiger partial charge in [0.1, 0.15) is 5.60 Å². The second-order valence-electron chi connectivity index (χ2n) is 4.11. The predicted octanol–water partition coefficient (Wildman–Crippen LogP) is 0.429. The van der Waals surface area contributed by atoms with Gasteiger partial charge >= 0.3 is 0 Å². The Hall–Kier alpha value is -0.610. The summed E-state index contributed by atoms with van der Waals surface area (Å²) in [5, 5.41) is 8.67. The van der Waals surface area contributed by atoms with E-state index in [9.17, 15) is 4.79 Å². The Bertz CT molecular complexity index is 192. The average molecular weight is 201 g/mol. The highest BCUT2D eigenvalue weighted by molar-refractivity contribution is 5.83. The molecule has 1 amide bonds. The molecule has 82 valence electrons. The fraction of sp³-hybridized carbons (Fsp3) is 0.900. The lowest BCUT2D eigenvalue weighted by Gasteiger charge is -2.36. The van der Waals surface area contributed by atoms with E-state index in [2.05, 4.69) is 6.92 Å². The molecule has 4 heteroatoms. The van der Waals surface area contributed by atoms with Crippen LogP contribution in [0.4, 0.5) is 0 Å². The second kappa shape index (κ2) is 4.75. The van der Waals surface area contributed by atoms with Gasteiger partial charge in [-0.2, -0.15) is 0 Å². The van der Waals surface area contributed by atoms with Gasteiger partial charge in [0.25, 0.3) is 0 Å². The lowest BCUT2D eigenvalue weighted by Crippen LogP contribution is -2.49. The van der Waals surface area contributed by atoms with Gasteiger partial charge in [-0.1, -0.05) is 6.92 Å². The van der Waals surface area contributed by atoms with Crippen LogP contribution in [0.3, 0.4) is 0 Å². The summed E-state index contributed by atoms with van der Waals surface area (Å²) in [6, 6.07) is 0. The smallest absolute Gasteiger partial charge is 0.249 e. The molecule has 1 fully saturated rings. The number of hydrogen-bond donors (Lipinski definition) is 2. The van der Waals surface area contributed by atoms with Gasteiger partial charge < -0.3 is 15.6 Å². The van der Waals surface area contributed by atoms with E-state index in [1.807, 2.05) is 0 Å². The zero-order valence-electron chi connectivity index (χ0n) is 8.66. The molecule has 0 heterocycles. The molecule has 0 radical (unpaired) electrons. The van der Waals surface area contributed by atoms with Crippen molar-refractivity contribution in [3.63, 3.8) is 0 Å². The summed E-state index contributed by atoms with van der Waals surface area (Å²) in [5.74, 6) is 0.248. The molecule has 0 unspecified atom stereocenters. The Morgan fingerprint density at radius 1 is 1.57 bits per heavy atom. The third-order valence-corrected chi connectivity index (χ3v) is 3.00. The second-order valence-corrected chi connectivity index (χ2v) is 4.11. The topological polar surface area (TPSA) is 72.6 Å². The van der Waals surface area contributed by atoms with Gasteiger partial charge in [0.15, 0.2) is 0 Å². The normalized spacial score (nSPS) is 32.9. The van der Waals surface area contributed by atoms with Crippen LogP contribution >= 0.6 is 0 Å². The lowest BCUT2D eigenvalue weighted by molar-refractivity contribution is -0.151. The Morgan fingerprint density at radius 2 is 2.14 bits per heavy atom. The molecule has 0 aromatic carbocycles. The van der Waals surface area contributed by atoms with Gasteiger partial charge in [-0.05, 0) is 31.6 Å². The standard InChI is InChI=1S/C10H19NO3/c1-8-2-4-10(5-3-8,9(11)13)14-7-6-12/h8,12H,2-7H2,1H3,(H2,11,13)/t8-,10-. The van der Waals surface area contributed by atoms with Gasteiger partial charge in [0.2, 0.25) is 5.91 Å². The molecule has 1 saturated carbocycles. The number of rotatable bonds is 4. The molecule has 0 spiro atoms. The van der Waals surface area contributed by atoms with Crippen LogP contribution in [0.25, 0.3) is 0 Å². The summed E-state index contributed by atoms with van der Waals surface area (Å²) >= 11 is 0.